The molecule has 1 N–H and O–H groups in total. The van der Waals surface area contributed by atoms with E-state index in [0.29, 0.717) is 31.6 Å². The first-order valence-corrected chi connectivity index (χ1v) is 10.4. The Labute approximate surface area is 177 Å². The second kappa shape index (κ2) is 8.95. The van der Waals surface area contributed by atoms with Gasteiger partial charge in [0.25, 0.3) is 5.91 Å². The number of carbonyl (C=O) groups is 2. The van der Waals surface area contributed by atoms with Crippen molar-refractivity contribution in [2.75, 3.05) is 19.6 Å². The molecule has 1 atom stereocenters. The number of rotatable bonds is 4. The molecule has 3 aromatic rings. The first-order valence-electron chi connectivity index (χ1n) is 10.4. The maximum absolute atomic E-state index is 13.0. The monoisotopic (exact) mass is 398 g/mol. The molecule has 4 heteroatoms. The van der Waals surface area contributed by atoms with Crippen molar-refractivity contribution in [2.45, 2.75) is 13.3 Å². The largest absolute Gasteiger partial charge is 0.354 e. The van der Waals surface area contributed by atoms with Crippen LogP contribution in [0.3, 0.4) is 0 Å². The van der Waals surface area contributed by atoms with E-state index in [-0.39, 0.29) is 17.7 Å². The highest BCUT2D eigenvalue weighted by atomic mass is 16.2. The summed E-state index contributed by atoms with van der Waals surface area (Å²) in [6.07, 6.45) is 0.592. The minimum Gasteiger partial charge on any atom is -0.354 e. The molecule has 1 fully saturated rings. The minimum absolute atomic E-state index is 0.0112. The van der Waals surface area contributed by atoms with Gasteiger partial charge in [0, 0.05) is 25.2 Å². The van der Waals surface area contributed by atoms with E-state index in [4.69, 9.17) is 0 Å². The SMILES string of the molecule is Cc1ccc(-c2ccccc2CC2CN(C(=O)c3ccccc3)CCNC2=O)cc1. The zero-order chi connectivity index (χ0) is 20.9. The Morgan fingerprint density at radius 2 is 1.67 bits per heavy atom. The van der Waals surface area contributed by atoms with E-state index in [9.17, 15) is 9.59 Å². The fraction of sp³-hybridized carbons (Fsp3) is 0.231. The number of nitrogens with one attached hydrogen (secondary N) is 1. The zero-order valence-corrected chi connectivity index (χ0v) is 17.2. The average molecular weight is 399 g/mol. The molecule has 1 aliphatic rings. The van der Waals surface area contributed by atoms with Gasteiger partial charge in [-0.1, -0.05) is 72.3 Å². The highest BCUT2D eigenvalue weighted by molar-refractivity contribution is 5.94. The first kappa shape index (κ1) is 19.9. The lowest BCUT2D eigenvalue weighted by Gasteiger charge is -2.24. The van der Waals surface area contributed by atoms with Crippen LogP contribution in [0.2, 0.25) is 0 Å². The number of hydrogen-bond donors (Lipinski definition) is 1. The Kier molecular flexibility index (Phi) is 5.94. The standard InChI is InChI=1S/C26H26N2O2/c1-19-11-13-20(14-12-19)24-10-6-5-9-22(24)17-23-18-28(16-15-27-25(23)29)26(30)21-7-3-2-4-8-21/h2-14,23H,15-18H2,1H3,(H,27,29). The van der Waals surface area contributed by atoms with Crippen LogP contribution in [-0.2, 0) is 11.2 Å². The van der Waals surface area contributed by atoms with Crippen molar-refractivity contribution in [1.82, 2.24) is 10.2 Å². The second-order valence-electron chi connectivity index (χ2n) is 7.83. The van der Waals surface area contributed by atoms with Gasteiger partial charge in [-0.05, 0) is 42.2 Å². The maximum Gasteiger partial charge on any atom is 0.253 e. The molecule has 1 unspecified atom stereocenters. The zero-order valence-electron chi connectivity index (χ0n) is 17.2. The highest BCUT2D eigenvalue weighted by Gasteiger charge is 2.28. The summed E-state index contributed by atoms with van der Waals surface area (Å²) in [5.41, 5.74) is 5.27. The number of hydrogen-bond acceptors (Lipinski definition) is 2. The van der Waals surface area contributed by atoms with Gasteiger partial charge in [-0.25, -0.2) is 0 Å². The van der Waals surface area contributed by atoms with Gasteiger partial charge in [-0.3, -0.25) is 9.59 Å². The van der Waals surface area contributed by atoms with Crippen LogP contribution in [0.5, 0.6) is 0 Å². The van der Waals surface area contributed by atoms with E-state index in [1.807, 2.05) is 42.5 Å². The number of amides is 2. The Hall–Kier alpha value is -3.40. The van der Waals surface area contributed by atoms with Crippen LogP contribution in [0.25, 0.3) is 11.1 Å². The van der Waals surface area contributed by atoms with E-state index in [1.54, 1.807) is 4.90 Å². The van der Waals surface area contributed by atoms with Crippen LogP contribution < -0.4 is 5.32 Å². The molecule has 0 spiro atoms. The molecule has 0 aromatic heterocycles. The third kappa shape index (κ3) is 4.43. The predicted octanol–water partition coefficient (Wildman–Crippen LogP) is 4.09. The van der Waals surface area contributed by atoms with Crippen molar-refractivity contribution >= 4 is 11.8 Å². The van der Waals surface area contributed by atoms with Crippen molar-refractivity contribution in [3.63, 3.8) is 0 Å². The third-order valence-corrected chi connectivity index (χ3v) is 5.65. The number of aryl methyl sites for hydroxylation is 1. The van der Waals surface area contributed by atoms with E-state index in [2.05, 4.69) is 48.6 Å². The molecule has 4 nitrogen and oxygen atoms in total. The quantitative estimate of drug-likeness (QED) is 0.720. The van der Waals surface area contributed by atoms with Gasteiger partial charge in [0.05, 0.1) is 5.92 Å². The van der Waals surface area contributed by atoms with Gasteiger partial charge in [0.1, 0.15) is 0 Å². The van der Waals surface area contributed by atoms with Crippen LogP contribution in [0.4, 0.5) is 0 Å². The molecule has 30 heavy (non-hydrogen) atoms. The first-order chi connectivity index (χ1) is 14.6. The molecule has 0 radical (unpaired) electrons. The molecule has 3 aromatic carbocycles. The second-order valence-corrected chi connectivity index (χ2v) is 7.83. The molecule has 4 rings (SSSR count). The number of benzene rings is 3. The van der Waals surface area contributed by atoms with E-state index < -0.39 is 0 Å². The Bertz CT molecular complexity index is 1030. The van der Waals surface area contributed by atoms with E-state index >= 15 is 0 Å². The van der Waals surface area contributed by atoms with Crippen LogP contribution in [0.1, 0.15) is 21.5 Å². The van der Waals surface area contributed by atoms with Crippen LogP contribution in [-0.4, -0.2) is 36.3 Å². The topological polar surface area (TPSA) is 49.4 Å². The molecule has 152 valence electrons. The molecule has 1 heterocycles. The fourth-order valence-electron chi connectivity index (χ4n) is 3.98. The normalized spacial score (nSPS) is 16.6. The summed E-state index contributed by atoms with van der Waals surface area (Å²) in [5.74, 6) is -0.298. The lowest BCUT2D eigenvalue weighted by atomic mass is 9.91. The van der Waals surface area contributed by atoms with Crippen molar-refractivity contribution in [3.05, 3.63) is 95.6 Å². The Balaban J connectivity index is 1.58. The average Bonchev–Trinajstić information content (AvgIpc) is 2.96. The minimum atomic E-state index is -0.285. The van der Waals surface area contributed by atoms with Crippen molar-refractivity contribution in [2.24, 2.45) is 5.92 Å². The van der Waals surface area contributed by atoms with Crippen molar-refractivity contribution in [3.8, 4) is 11.1 Å². The molecule has 1 saturated heterocycles. The van der Waals surface area contributed by atoms with Gasteiger partial charge in [0.2, 0.25) is 5.91 Å². The van der Waals surface area contributed by atoms with Crippen LogP contribution in [0.15, 0.2) is 78.9 Å². The summed E-state index contributed by atoms with van der Waals surface area (Å²) in [4.78, 5) is 27.5. The summed E-state index contributed by atoms with van der Waals surface area (Å²) in [6.45, 7) is 3.49. The fourth-order valence-corrected chi connectivity index (χ4v) is 3.98. The van der Waals surface area contributed by atoms with Gasteiger partial charge in [-0.2, -0.15) is 0 Å². The van der Waals surface area contributed by atoms with E-state index in [1.165, 1.54) is 5.56 Å². The molecular weight excluding hydrogens is 372 g/mol. The molecule has 0 aliphatic carbocycles. The van der Waals surface area contributed by atoms with Crippen molar-refractivity contribution < 1.29 is 9.59 Å². The summed E-state index contributed by atoms with van der Waals surface area (Å²) in [5, 5.41) is 2.99. The third-order valence-electron chi connectivity index (χ3n) is 5.65. The summed E-state index contributed by atoms with van der Waals surface area (Å²) >= 11 is 0. The Morgan fingerprint density at radius 1 is 0.967 bits per heavy atom. The molecule has 1 aliphatic heterocycles. The predicted molar refractivity (Wildman–Crippen MR) is 119 cm³/mol. The molecular formula is C26H26N2O2. The number of nitrogens with zero attached hydrogens (tertiary/aromatic N) is 1. The summed E-state index contributed by atoms with van der Waals surface area (Å²) in [7, 11) is 0. The van der Waals surface area contributed by atoms with Gasteiger partial charge in [-0.15, -0.1) is 0 Å². The number of carbonyl (C=O) groups excluding carboxylic acids is 2. The van der Waals surface area contributed by atoms with Crippen LogP contribution in [0, 0.1) is 12.8 Å². The summed E-state index contributed by atoms with van der Waals surface area (Å²) < 4.78 is 0. The molecule has 0 bridgehead atoms. The lowest BCUT2D eigenvalue weighted by Crippen LogP contribution is -2.37. The highest BCUT2D eigenvalue weighted by Crippen LogP contribution is 2.27. The maximum atomic E-state index is 13.0. The van der Waals surface area contributed by atoms with Gasteiger partial charge >= 0.3 is 0 Å². The lowest BCUT2D eigenvalue weighted by molar-refractivity contribution is -0.124. The van der Waals surface area contributed by atoms with E-state index in [0.717, 1.165) is 16.7 Å². The smallest absolute Gasteiger partial charge is 0.253 e. The molecule has 2 amide bonds. The van der Waals surface area contributed by atoms with Gasteiger partial charge < -0.3 is 10.2 Å². The molecule has 0 saturated carbocycles. The summed E-state index contributed by atoms with van der Waals surface area (Å²) in [6, 6.07) is 25.9. The van der Waals surface area contributed by atoms with Gasteiger partial charge in [0.15, 0.2) is 0 Å². The van der Waals surface area contributed by atoms with Crippen molar-refractivity contribution in [1.29, 1.82) is 0 Å². The van der Waals surface area contributed by atoms with Crippen LogP contribution >= 0.6 is 0 Å². The Morgan fingerprint density at radius 3 is 2.43 bits per heavy atom.